The number of hydrogen-bond acceptors (Lipinski definition) is 5. The molecule has 150 valence electrons. The van der Waals surface area contributed by atoms with Crippen molar-refractivity contribution in [1.82, 2.24) is 20.2 Å². The first-order valence-corrected chi connectivity index (χ1v) is 10.0. The van der Waals surface area contributed by atoms with Gasteiger partial charge in [-0.2, -0.15) is 0 Å². The van der Waals surface area contributed by atoms with E-state index in [-0.39, 0.29) is 5.56 Å². The minimum atomic E-state index is -0.621. The molecule has 0 aliphatic heterocycles. The monoisotopic (exact) mass is 410 g/mol. The van der Waals surface area contributed by atoms with Crippen molar-refractivity contribution in [3.63, 3.8) is 0 Å². The lowest BCUT2D eigenvalue weighted by molar-refractivity contribution is -0.119. The molecule has 7 nitrogen and oxygen atoms in total. The van der Waals surface area contributed by atoms with Gasteiger partial charge in [0.2, 0.25) is 5.91 Å². The molecule has 8 heteroatoms. The molecule has 2 aromatic carbocycles. The number of para-hydroxylation sites is 1. The number of carbonyl (C=O) groups excluding carboxylic acids is 2. The van der Waals surface area contributed by atoms with Crippen LogP contribution in [0.25, 0.3) is 10.9 Å². The number of hydrogen-bond donors (Lipinski definition) is 2. The van der Waals surface area contributed by atoms with Crippen molar-refractivity contribution in [2.24, 2.45) is 0 Å². The van der Waals surface area contributed by atoms with Crippen LogP contribution >= 0.6 is 11.8 Å². The zero-order valence-electron chi connectivity index (χ0n) is 16.4. The maximum Gasteiger partial charge on any atom is 0.321 e. The maximum absolute atomic E-state index is 13.1. The van der Waals surface area contributed by atoms with Crippen LogP contribution in [0.5, 0.6) is 0 Å². The molecule has 0 spiro atoms. The Balaban J connectivity index is 1.99. The standard InChI is InChI=1S/C21H22N4O3S/c1-13-8-10-15(11-9-13)12-25-19(27)16-6-4-5-7-17(16)23-21(25)29-14(2)18(26)24-20(28)22-3/h4-11,14H,12H2,1-3H3,(H2,22,24,26,28). The van der Waals surface area contributed by atoms with Crippen molar-refractivity contribution in [1.29, 1.82) is 0 Å². The van der Waals surface area contributed by atoms with Gasteiger partial charge in [-0.1, -0.05) is 53.7 Å². The molecule has 1 aromatic heterocycles. The lowest BCUT2D eigenvalue weighted by Crippen LogP contribution is -2.41. The summed E-state index contributed by atoms with van der Waals surface area (Å²) >= 11 is 1.14. The molecule has 0 bridgehead atoms. The van der Waals surface area contributed by atoms with Gasteiger partial charge >= 0.3 is 6.03 Å². The third-order valence-corrected chi connectivity index (χ3v) is 5.49. The van der Waals surface area contributed by atoms with Gasteiger partial charge in [-0.05, 0) is 31.5 Å². The predicted octanol–water partition coefficient (Wildman–Crippen LogP) is 2.69. The lowest BCUT2D eigenvalue weighted by Gasteiger charge is -2.16. The van der Waals surface area contributed by atoms with Crippen molar-refractivity contribution in [3.8, 4) is 0 Å². The second kappa shape index (κ2) is 8.91. The van der Waals surface area contributed by atoms with Crippen LogP contribution in [-0.2, 0) is 11.3 Å². The number of thioether (sulfide) groups is 1. The van der Waals surface area contributed by atoms with Crippen molar-refractivity contribution in [2.45, 2.75) is 30.8 Å². The second-order valence-electron chi connectivity index (χ2n) is 6.62. The fourth-order valence-electron chi connectivity index (χ4n) is 2.74. The minimum Gasteiger partial charge on any atom is -0.341 e. The Morgan fingerprint density at radius 1 is 1.14 bits per heavy atom. The summed E-state index contributed by atoms with van der Waals surface area (Å²) in [6.07, 6.45) is 0. The van der Waals surface area contributed by atoms with Crippen molar-refractivity contribution in [3.05, 3.63) is 70.0 Å². The Labute approximate surface area is 172 Å². The van der Waals surface area contributed by atoms with Crippen LogP contribution in [0, 0.1) is 6.92 Å². The highest BCUT2D eigenvalue weighted by Gasteiger charge is 2.21. The number of fused-ring (bicyclic) bond motifs is 1. The Bertz CT molecular complexity index is 1110. The average Bonchev–Trinajstić information content (AvgIpc) is 2.72. The third kappa shape index (κ3) is 4.83. The van der Waals surface area contributed by atoms with E-state index in [1.54, 1.807) is 29.7 Å². The van der Waals surface area contributed by atoms with E-state index in [1.807, 2.05) is 37.3 Å². The SMILES string of the molecule is CNC(=O)NC(=O)C(C)Sc1nc2ccccc2c(=O)n1Cc1ccc(C)cc1. The first-order valence-electron chi connectivity index (χ1n) is 9.13. The van der Waals surface area contributed by atoms with E-state index >= 15 is 0 Å². The molecule has 3 aromatic rings. The topological polar surface area (TPSA) is 93.1 Å². The first kappa shape index (κ1) is 20.6. The fourth-order valence-corrected chi connectivity index (χ4v) is 3.65. The van der Waals surface area contributed by atoms with Gasteiger partial charge in [-0.25, -0.2) is 9.78 Å². The number of rotatable bonds is 5. The highest BCUT2D eigenvalue weighted by Crippen LogP contribution is 2.23. The summed E-state index contributed by atoms with van der Waals surface area (Å²) in [5.74, 6) is -0.460. The third-order valence-electron chi connectivity index (χ3n) is 4.40. The number of urea groups is 1. The van der Waals surface area contributed by atoms with Gasteiger partial charge in [-0.3, -0.25) is 19.5 Å². The Kier molecular flexibility index (Phi) is 6.33. The molecule has 0 saturated carbocycles. The largest absolute Gasteiger partial charge is 0.341 e. The molecule has 0 saturated heterocycles. The molecule has 0 fully saturated rings. The van der Waals surface area contributed by atoms with Gasteiger partial charge in [0.15, 0.2) is 5.16 Å². The quantitative estimate of drug-likeness (QED) is 0.498. The van der Waals surface area contributed by atoms with E-state index in [0.29, 0.717) is 22.6 Å². The highest BCUT2D eigenvalue weighted by molar-refractivity contribution is 8.00. The summed E-state index contributed by atoms with van der Waals surface area (Å²) in [5, 5.41) is 4.92. The molecule has 0 radical (unpaired) electrons. The van der Waals surface area contributed by atoms with Gasteiger partial charge in [0.25, 0.3) is 5.56 Å². The number of amides is 3. The van der Waals surface area contributed by atoms with E-state index in [2.05, 4.69) is 15.6 Å². The number of carbonyl (C=O) groups is 2. The van der Waals surface area contributed by atoms with Crippen LogP contribution in [-0.4, -0.2) is 33.8 Å². The number of benzene rings is 2. The number of nitrogens with one attached hydrogen (secondary N) is 2. The Hall–Kier alpha value is -3.13. The van der Waals surface area contributed by atoms with Gasteiger partial charge in [0, 0.05) is 7.05 Å². The second-order valence-corrected chi connectivity index (χ2v) is 7.92. The van der Waals surface area contributed by atoms with E-state index < -0.39 is 17.2 Å². The molecule has 3 amide bonds. The number of imide groups is 1. The van der Waals surface area contributed by atoms with Gasteiger partial charge in [0.1, 0.15) is 0 Å². The van der Waals surface area contributed by atoms with Crippen molar-refractivity contribution < 1.29 is 9.59 Å². The van der Waals surface area contributed by atoms with Gasteiger partial charge < -0.3 is 5.32 Å². The molecule has 1 unspecified atom stereocenters. The molecular formula is C21H22N4O3S. The molecule has 3 rings (SSSR count). The Morgan fingerprint density at radius 2 is 1.83 bits per heavy atom. The molecule has 0 aliphatic carbocycles. The van der Waals surface area contributed by atoms with Crippen LogP contribution in [0.4, 0.5) is 4.79 Å². The van der Waals surface area contributed by atoms with E-state index in [1.165, 1.54) is 7.05 Å². The molecule has 29 heavy (non-hydrogen) atoms. The summed E-state index contributed by atoms with van der Waals surface area (Å²) in [4.78, 5) is 41.4. The van der Waals surface area contributed by atoms with Crippen LogP contribution in [0.2, 0.25) is 0 Å². The number of aromatic nitrogens is 2. The van der Waals surface area contributed by atoms with Crippen LogP contribution in [0.15, 0.2) is 58.5 Å². The van der Waals surface area contributed by atoms with Gasteiger partial charge in [0.05, 0.1) is 22.7 Å². The van der Waals surface area contributed by atoms with Gasteiger partial charge in [-0.15, -0.1) is 0 Å². The van der Waals surface area contributed by atoms with E-state index in [4.69, 9.17) is 0 Å². The van der Waals surface area contributed by atoms with E-state index in [0.717, 1.165) is 22.9 Å². The summed E-state index contributed by atoms with van der Waals surface area (Å²) in [5.41, 5.74) is 2.49. The predicted molar refractivity (Wildman–Crippen MR) is 114 cm³/mol. The van der Waals surface area contributed by atoms with Crippen molar-refractivity contribution in [2.75, 3.05) is 7.05 Å². The smallest absolute Gasteiger partial charge is 0.321 e. The maximum atomic E-state index is 13.1. The summed E-state index contributed by atoms with van der Waals surface area (Å²) < 4.78 is 1.57. The zero-order chi connectivity index (χ0) is 21.0. The minimum absolute atomic E-state index is 0.169. The normalized spacial score (nSPS) is 11.8. The van der Waals surface area contributed by atoms with Crippen LogP contribution < -0.4 is 16.2 Å². The zero-order valence-corrected chi connectivity index (χ0v) is 17.2. The lowest BCUT2D eigenvalue weighted by atomic mass is 10.1. The molecule has 1 heterocycles. The number of aryl methyl sites for hydroxylation is 1. The Morgan fingerprint density at radius 3 is 2.52 bits per heavy atom. The first-order chi connectivity index (χ1) is 13.9. The van der Waals surface area contributed by atoms with Crippen LogP contribution in [0.1, 0.15) is 18.1 Å². The summed E-state index contributed by atoms with van der Waals surface area (Å²) in [7, 11) is 1.44. The fraction of sp³-hybridized carbons (Fsp3) is 0.238. The number of nitrogens with zero attached hydrogens (tertiary/aromatic N) is 2. The van der Waals surface area contributed by atoms with Crippen LogP contribution in [0.3, 0.4) is 0 Å². The molecular weight excluding hydrogens is 388 g/mol. The van der Waals surface area contributed by atoms with E-state index in [9.17, 15) is 14.4 Å². The summed E-state index contributed by atoms with van der Waals surface area (Å²) in [6, 6.07) is 14.5. The molecule has 0 aliphatic rings. The highest BCUT2D eigenvalue weighted by atomic mass is 32.2. The molecule has 2 N–H and O–H groups in total. The van der Waals surface area contributed by atoms with Crippen molar-refractivity contribution >= 4 is 34.6 Å². The average molecular weight is 410 g/mol. The molecule has 1 atom stereocenters. The summed E-state index contributed by atoms with van der Waals surface area (Å²) in [6.45, 7) is 4.01.